The minimum absolute atomic E-state index is 0.500. The third-order valence-electron chi connectivity index (χ3n) is 4.27. The Kier molecular flexibility index (Phi) is 11.7. The monoisotopic (exact) mass is 271 g/mol. The molecule has 0 aromatic carbocycles. The summed E-state index contributed by atoms with van der Waals surface area (Å²) in [5.41, 5.74) is 0. The van der Waals surface area contributed by atoms with Gasteiger partial charge in [-0.3, -0.25) is 0 Å². The molecule has 1 aliphatic heterocycles. The molecule has 0 aromatic rings. The van der Waals surface area contributed by atoms with Crippen molar-refractivity contribution >= 4 is 0 Å². The van der Waals surface area contributed by atoms with Crippen LogP contribution in [0.15, 0.2) is 0 Å². The lowest BCUT2D eigenvalue weighted by atomic mass is 9.82. The minimum atomic E-state index is 0.500. The van der Waals surface area contributed by atoms with Crippen LogP contribution in [0, 0.1) is 11.8 Å². The van der Waals surface area contributed by atoms with Gasteiger partial charge in [-0.1, -0.05) is 59.8 Å². The molecule has 1 saturated heterocycles. The smallest absolute Gasteiger partial charge is 0.0710 e. The summed E-state index contributed by atoms with van der Waals surface area (Å²) < 4.78 is 5.14. The highest BCUT2D eigenvalue weighted by Crippen LogP contribution is 2.29. The third kappa shape index (κ3) is 8.65. The maximum atomic E-state index is 5.14. The molecule has 0 amide bonds. The lowest BCUT2D eigenvalue weighted by Crippen LogP contribution is -2.17. The second kappa shape index (κ2) is 11.7. The molecular formula is C17H37NO. The highest BCUT2D eigenvalue weighted by atomic mass is 16.5. The minimum Gasteiger partial charge on any atom is -0.380 e. The average Bonchev–Trinajstić information content (AvgIpc) is 2.88. The zero-order valence-electron chi connectivity index (χ0n) is 14.2. The number of likely N-dealkylation sites (N-methyl/N-ethyl adjacent to an activating group) is 1. The van der Waals surface area contributed by atoms with Crippen LogP contribution in [0.3, 0.4) is 0 Å². The van der Waals surface area contributed by atoms with Crippen LogP contribution in [-0.2, 0) is 4.74 Å². The molecule has 0 radical (unpaired) electrons. The molecule has 19 heavy (non-hydrogen) atoms. The fraction of sp³-hybridized carbons (Fsp3) is 1.00. The molecule has 0 N–H and O–H groups in total. The Morgan fingerprint density at radius 2 is 1.58 bits per heavy atom. The fourth-order valence-electron chi connectivity index (χ4n) is 2.89. The molecule has 2 aliphatic rings. The summed E-state index contributed by atoms with van der Waals surface area (Å²) in [6, 6.07) is 0. The van der Waals surface area contributed by atoms with E-state index in [1.54, 1.807) is 7.11 Å². The van der Waals surface area contributed by atoms with E-state index >= 15 is 0 Å². The van der Waals surface area contributed by atoms with Crippen LogP contribution in [0.25, 0.3) is 0 Å². The number of likely N-dealkylation sites (tertiary alicyclic amines) is 1. The Balaban J connectivity index is 0.000000303. The van der Waals surface area contributed by atoms with Gasteiger partial charge in [0.05, 0.1) is 6.10 Å². The summed E-state index contributed by atoms with van der Waals surface area (Å²) in [7, 11) is 3.91. The predicted octanol–water partition coefficient (Wildman–Crippen LogP) is 4.59. The summed E-state index contributed by atoms with van der Waals surface area (Å²) in [4.78, 5) is 2.29. The Morgan fingerprint density at radius 3 is 1.84 bits per heavy atom. The van der Waals surface area contributed by atoms with Crippen LogP contribution in [0.2, 0.25) is 0 Å². The van der Waals surface area contributed by atoms with Crippen molar-refractivity contribution in [2.45, 2.75) is 72.3 Å². The van der Waals surface area contributed by atoms with E-state index in [2.05, 4.69) is 25.8 Å². The lowest BCUT2D eigenvalue weighted by Gasteiger charge is -2.24. The standard InChI is InChI=1S/C9H18.C6H13NO.C2H6/c1-8(2)9-6-4-3-5-7-9;1-7-4-3-6(5-7)8-2;1-2/h8-9H,3-7H2,1-2H3;6H,3-5H2,1-2H3;1-2H3. The zero-order chi connectivity index (χ0) is 14.7. The van der Waals surface area contributed by atoms with Crippen LogP contribution in [0.1, 0.15) is 66.2 Å². The Labute approximate surface area is 121 Å². The second-order valence-corrected chi connectivity index (χ2v) is 6.05. The van der Waals surface area contributed by atoms with Crippen LogP contribution in [0.5, 0.6) is 0 Å². The molecule has 2 heteroatoms. The summed E-state index contributed by atoms with van der Waals surface area (Å²) in [6.45, 7) is 11.0. The molecule has 0 spiro atoms. The Morgan fingerprint density at radius 1 is 1.00 bits per heavy atom. The van der Waals surface area contributed by atoms with Gasteiger partial charge in [0.25, 0.3) is 0 Å². The highest BCUT2D eigenvalue weighted by molar-refractivity contribution is 4.71. The number of nitrogens with zero attached hydrogens (tertiary/aromatic N) is 1. The van der Waals surface area contributed by atoms with Crippen LogP contribution < -0.4 is 0 Å². The largest absolute Gasteiger partial charge is 0.380 e. The topological polar surface area (TPSA) is 12.5 Å². The van der Waals surface area contributed by atoms with Crippen LogP contribution >= 0.6 is 0 Å². The van der Waals surface area contributed by atoms with E-state index in [9.17, 15) is 0 Å². The molecule has 2 rings (SSSR count). The predicted molar refractivity (Wildman–Crippen MR) is 85.7 cm³/mol. The van der Waals surface area contributed by atoms with Crippen molar-refractivity contribution in [2.24, 2.45) is 11.8 Å². The van der Waals surface area contributed by atoms with E-state index < -0.39 is 0 Å². The first kappa shape index (κ1) is 18.9. The van der Waals surface area contributed by atoms with Crippen molar-refractivity contribution in [1.29, 1.82) is 0 Å². The Hall–Kier alpha value is -0.0800. The van der Waals surface area contributed by atoms with Crippen molar-refractivity contribution in [1.82, 2.24) is 4.90 Å². The number of methoxy groups -OCH3 is 1. The van der Waals surface area contributed by atoms with E-state index in [0.29, 0.717) is 6.10 Å². The molecule has 0 aromatic heterocycles. The van der Waals surface area contributed by atoms with E-state index in [1.807, 2.05) is 13.8 Å². The summed E-state index contributed by atoms with van der Waals surface area (Å²) in [5.74, 6) is 1.99. The summed E-state index contributed by atoms with van der Waals surface area (Å²) in [6.07, 6.45) is 9.16. The number of rotatable bonds is 2. The Bertz CT molecular complexity index is 188. The molecule has 1 saturated carbocycles. The molecule has 1 atom stereocenters. The van der Waals surface area contributed by atoms with Crippen LogP contribution in [-0.4, -0.2) is 38.3 Å². The average molecular weight is 271 g/mol. The van der Waals surface area contributed by atoms with Gasteiger partial charge in [-0.25, -0.2) is 0 Å². The van der Waals surface area contributed by atoms with Gasteiger partial charge in [-0.2, -0.15) is 0 Å². The van der Waals surface area contributed by atoms with E-state index in [0.717, 1.165) is 18.4 Å². The number of ether oxygens (including phenoxy) is 1. The van der Waals surface area contributed by atoms with Gasteiger partial charge in [0, 0.05) is 20.2 Å². The highest BCUT2D eigenvalue weighted by Gasteiger charge is 2.17. The van der Waals surface area contributed by atoms with Gasteiger partial charge < -0.3 is 9.64 Å². The maximum Gasteiger partial charge on any atom is 0.0710 e. The van der Waals surface area contributed by atoms with Crippen molar-refractivity contribution < 1.29 is 4.74 Å². The molecule has 2 nitrogen and oxygen atoms in total. The van der Waals surface area contributed by atoms with Crippen molar-refractivity contribution in [3.63, 3.8) is 0 Å². The first-order valence-corrected chi connectivity index (χ1v) is 8.34. The van der Waals surface area contributed by atoms with Gasteiger partial charge in [-0.15, -0.1) is 0 Å². The molecule has 1 unspecified atom stereocenters. The molecule has 116 valence electrons. The van der Waals surface area contributed by atoms with E-state index in [4.69, 9.17) is 4.74 Å². The third-order valence-corrected chi connectivity index (χ3v) is 4.27. The maximum absolute atomic E-state index is 5.14. The number of hydrogen-bond donors (Lipinski definition) is 0. The molecule has 1 aliphatic carbocycles. The van der Waals surface area contributed by atoms with E-state index in [-0.39, 0.29) is 0 Å². The number of hydrogen-bond acceptors (Lipinski definition) is 2. The first-order valence-electron chi connectivity index (χ1n) is 8.34. The lowest BCUT2D eigenvalue weighted by molar-refractivity contribution is 0.111. The summed E-state index contributed by atoms with van der Waals surface area (Å²) >= 11 is 0. The summed E-state index contributed by atoms with van der Waals surface area (Å²) in [5, 5.41) is 0. The SMILES string of the molecule is CC.CC(C)C1CCCCC1.COC1CCN(C)C1. The molecule has 1 heterocycles. The van der Waals surface area contributed by atoms with Gasteiger partial charge in [0.2, 0.25) is 0 Å². The second-order valence-electron chi connectivity index (χ2n) is 6.05. The fourth-order valence-corrected chi connectivity index (χ4v) is 2.89. The van der Waals surface area contributed by atoms with Crippen LogP contribution in [0.4, 0.5) is 0 Å². The van der Waals surface area contributed by atoms with Gasteiger partial charge in [0.1, 0.15) is 0 Å². The van der Waals surface area contributed by atoms with Gasteiger partial charge in [0.15, 0.2) is 0 Å². The zero-order valence-corrected chi connectivity index (χ0v) is 14.2. The normalized spacial score (nSPS) is 24.5. The van der Waals surface area contributed by atoms with Crippen molar-refractivity contribution in [2.75, 3.05) is 27.2 Å². The molecular weight excluding hydrogens is 234 g/mol. The quantitative estimate of drug-likeness (QED) is 0.728. The van der Waals surface area contributed by atoms with Crippen molar-refractivity contribution in [3.8, 4) is 0 Å². The van der Waals surface area contributed by atoms with Crippen molar-refractivity contribution in [3.05, 3.63) is 0 Å². The molecule has 2 fully saturated rings. The van der Waals surface area contributed by atoms with Gasteiger partial charge in [-0.05, 0) is 25.3 Å². The van der Waals surface area contributed by atoms with E-state index in [1.165, 1.54) is 45.1 Å². The first-order chi connectivity index (χ1) is 9.13. The van der Waals surface area contributed by atoms with Gasteiger partial charge >= 0.3 is 0 Å². The molecule has 0 bridgehead atoms.